The van der Waals surface area contributed by atoms with Gasteiger partial charge in [-0.3, -0.25) is 0 Å². The van der Waals surface area contributed by atoms with Gasteiger partial charge in [0.1, 0.15) is 0 Å². The van der Waals surface area contributed by atoms with Gasteiger partial charge in [0.05, 0.1) is 0 Å². The Morgan fingerprint density at radius 2 is 2.14 bits per heavy atom. The van der Waals surface area contributed by atoms with Gasteiger partial charge in [-0.05, 0) is 13.3 Å². The van der Waals surface area contributed by atoms with Crippen molar-refractivity contribution in [1.82, 2.24) is 0 Å². The van der Waals surface area contributed by atoms with E-state index in [0.29, 0.717) is 6.04 Å². The fraction of sp³-hybridized carbons (Fsp3) is 1.00. The molecule has 0 saturated heterocycles. The lowest BCUT2D eigenvalue weighted by Crippen LogP contribution is -2.13. The molecule has 0 rings (SSSR count). The molecule has 1 atom stereocenters. The lowest BCUT2D eigenvalue weighted by atomic mass is 10.2. The third kappa shape index (κ3) is 5.96. The first-order valence-electron chi connectivity index (χ1n) is 3.03. The molecular weight excluding hydrogens is 86.1 g/mol. The molecule has 0 aliphatic carbocycles. The van der Waals surface area contributed by atoms with Gasteiger partial charge in [-0.1, -0.05) is 19.8 Å². The monoisotopic (exact) mass is 101 g/mol. The van der Waals surface area contributed by atoms with E-state index < -0.39 is 0 Å². The van der Waals surface area contributed by atoms with Crippen molar-refractivity contribution in [3.63, 3.8) is 0 Å². The van der Waals surface area contributed by atoms with Crippen LogP contribution in [0.4, 0.5) is 0 Å². The summed E-state index contributed by atoms with van der Waals surface area (Å²) >= 11 is 0. The Labute approximate surface area is 45.9 Å². The largest absolute Gasteiger partial charge is 0.328 e. The average molecular weight is 101 g/mol. The van der Waals surface area contributed by atoms with E-state index in [-0.39, 0.29) is 0 Å². The van der Waals surface area contributed by atoms with E-state index in [9.17, 15) is 0 Å². The minimum absolute atomic E-state index is 0.403. The summed E-state index contributed by atoms with van der Waals surface area (Å²) in [6.45, 7) is 4.23. The predicted molar refractivity (Wildman–Crippen MR) is 33.2 cm³/mol. The van der Waals surface area contributed by atoms with Crippen LogP contribution in [0.15, 0.2) is 0 Å². The molecule has 0 fully saturated rings. The quantitative estimate of drug-likeness (QED) is 0.573. The molecule has 0 aliphatic heterocycles. The van der Waals surface area contributed by atoms with Gasteiger partial charge in [-0.25, -0.2) is 0 Å². The Balaban J connectivity index is 2.68. The van der Waals surface area contributed by atoms with Gasteiger partial charge < -0.3 is 5.73 Å². The van der Waals surface area contributed by atoms with Crippen molar-refractivity contribution in [2.45, 2.75) is 39.2 Å². The fourth-order valence-electron chi connectivity index (χ4n) is 0.526. The van der Waals surface area contributed by atoms with Crippen LogP contribution in [0, 0.1) is 0 Å². The van der Waals surface area contributed by atoms with E-state index in [2.05, 4.69) is 13.8 Å². The molecular formula is C6H15N. The maximum absolute atomic E-state index is 5.48. The Kier molecular flexibility index (Phi) is 4.10. The standard InChI is InChI=1S/C6H15N/c1-3-4-5-6(2)7/h6H,3-5,7H2,1-2H3/t6-/m0/s1. The van der Waals surface area contributed by atoms with Crippen LogP contribution in [-0.4, -0.2) is 6.04 Å². The van der Waals surface area contributed by atoms with Crippen molar-refractivity contribution in [3.8, 4) is 0 Å². The summed E-state index contributed by atoms with van der Waals surface area (Å²) in [5, 5.41) is 0. The van der Waals surface area contributed by atoms with Gasteiger partial charge in [0.25, 0.3) is 0 Å². The molecule has 0 spiro atoms. The lowest BCUT2D eigenvalue weighted by Gasteiger charge is -1.99. The van der Waals surface area contributed by atoms with Crippen molar-refractivity contribution in [1.29, 1.82) is 0 Å². The summed E-state index contributed by atoms with van der Waals surface area (Å²) < 4.78 is 0. The smallest absolute Gasteiger partial charge is 0.00104 e. The number of rotatable bonds is 3. The van der Waals surface area contributed by atoms with E-state index in [0.717, 1.165) is 0 Å². The summed E-state index contributed by atoms with van der Waals surface area (Å²) in [6, 6.07) is 0.403. The van der Waals surface area contributed by atoms with E-state index >= 15 is 0 Å². The average Bonchev–Trinajstić information content (AvgIpc) is 1.61. The Morgan fingerprint density at radius 1 is 1.57 bits per heavy atom. The van der Waals surface area contributed by atoms with Crippen LogP contribution in [0.3, 0.4) is 0 Å². The van der Waals surface area contributed by atoms with E-state index in [1.54, 1.807) is 0 Å². The summed E-state index contributed by atoms with van der Waals surface area (Å²) in [5.74, 6) is 0. The molecule has 1 heteroatoms. The van der Waals surface area contributed by atoms with Gasteiger partial charge in [0, 0.05) is 6.04 Å². The maximum Gasteiger partial charge on any atom is 0.00104 e. The third-order valence-corrected chi connectivity index (χ3v) is 1.01. The first kappa shape index (κ1) is 6.96. The van der Waals surface area contributed by atoms with Crippen molar-refractivity contribution in [2.24, 2.45) is 5.73 Å². The van der Waals surface area contributed by atoms with E-state index in [1.807, 2.05) is 0 Å². The molecule has 0 aromatic carbocycles. The van der Waals surface area contributed by atoms with Gasteiger partial charge in [0.2, 0.25) is 0 Å². The van der Waals surface area contributed by atoms with Crippen LogP contribution in [0.25, 0.3) is 0 Å². The second-order valence-electron chi connectivity index (χ2n) is 2.12. The molecule has 7 heavy (non-hydrogen) atoms. The minimum atomic E-state index is 0.403. The zero-order valence-corrected chi connectivity index (χ0v) is 5.28. The first-order valence-corrected chi connectivity index (χ1v) is 3.03. The molecule has 0 unspecified atom stereocenters. The Hall–Kier alpha value is -0.0400. The van der Waals surface area contributed by atoms with Crippen LogP contribution in [0.2, 0.25) is 0 Å². The second kappa shape index (κ2) is 4.13. The van der Waals surface area contributed by atoms with Gasteiger partial charge >= 0.3 is 0 Å². The zero-order valence-electron chi connectivity index (χ0n) is 5.28. The van der Waals surface area contributed by atoms with Crippen molar-refractivity contribution in [3.05, 3.63) is 0 Å². The highest BCUT2D eigenvalue weighted by atomic mass is 14.6. The summed E-state index contributed by atoms with van der Waals surface area (Å²) in [5.41, 5.74) is 5.48. The van der Waals surface area contributed by atoms with Crippen LogP contribution >= 0.6 is 0 Å². The maximum atomic E-state index is 5.48. The molecule has 0 bridgehead atoms. The fourth-order valence-corrected chi connectivity index (χ4v) is 0.526. The topological polar surface area (TPSA) is 26.0 Å². The number of unbranched alkanes of at least 4 members (excludes halogenated alkanes) is 1. The molecule has 0 heterocycles. The van der Waals surface area contributed by atoms with Gasteiger partial charge in [-0.2, -0.15) is 0 Å². The summed E-state index contributed by atoms with van der Waals surface area (Å²) in [4.78, 5) is 0. The molecule has 2 N–H and O–H groups in total. The van der Waals surface area contributed by atoms with Crippen LogP contribution in [-0.2, 0) is 0 Å². The van der Waals surface area contributed by atoms with Crippen molar-refractivity contribution >= 4 is 0 Å². The molecule has 0 aromatic rings. The normalized spacial score (nSPS) is 14.1. The zero-order chi connectivity index (χ0) is 5.70. The summed E-state index contributed by atoms with van der Waals surface area (Å²) in [6.07, 6.45) is 3.72. The second-order valence-corrected chi connectivity index (χ2v) is 2.12. The van der Waals surface area contributed by atoms with Crippen LogP contribution in [0.1, 0.15) is 33.1 Å². The molecule has 44 valence electrons. The minimum Gasteiger partial charge on any atom is -0.328 e. The molecule has 1 nitrogen and oxygen atoms in total. The highest BCUT2D eigenvalue weighted by Crippen LogP contribution is 1.95. The third-order valence-electron chi connectivity index (χ3n) is 1.01. The highest BCUT2D eigenvalue weighted by Gasteiger charge is 1.88. The Bertz CT molecular complexity index is 33.2. The van der Waals surface area contributed by atoms with E-state index in [1.165, 1.54) is 19.3 Å². The van der Waals surface area contributed by atoms with Crippen LogP contribution < -0.4 is 5.73 Å². The molecule has 0 amide bonds. The van der Waals surface area contributed by atoms with E-state index in [4.69, 9.17) is 5.73 Å². The van der Waals surface area contributed by atoms with Crippen LogP contribution in [0.5, 0.6) is 0 Å². The molecule has 0 aliphatic rings. The molecule has 0 aromatic heterocycles. The lowest BCUT2D eigenvalue weighted by molar-refractivity contribution is 0.616. The molecule has 0 saturated carbocycles. The first-order chi connectivity index (χ1) is 3.27. The van der Waals surface area contributed by atoms with Crippen molar-refractivity contribution < 1.29 is 0 Å². The highest BCUT2D eigenvalue weighted by molar-refractivity contribution is 4.50. The SMILES string of the molecule is CCCC[C@H](C)N. The predicted octanol–water partition coefficient (Wildman–Crippen LogP) is 1.52. The number of nitrogens with two attached hydrogens (primary N) is 1. The molecule has 0 radical (unpaired) electrons. The number of hydrogen-bond donors (Lipinski definition) is 1. The van der Waals surface area contributed by atoms with Gasteiger partial charge in [0.15, 0.2) is 0 Å². The van der Waals surface area contributed by atoms with Gasteiger partial charge in [-0.15, -0.1) is 0 Å². The van der Waals surface area contributed by atoms with Crippen molar-refractivity contribution in [2.75, 3.05) is 0 Å². The number of hydrogen-bond acceptors (Lipinski definition) is 1. The Morgan fingerprint density at radius 3 is 2.29 bits per heavy atom. The summed E-state index contributed by atoms with van der Waals surface area (Å²) in [7, 11) is 0.